The van der Waals surface area contributed by atoms with E-state index in [1.165, 1.54) is 5.56 Å². The van der Waals surface area contributed by atoms with E-state index < -0.39 is 0 Å². The third-order valence-electron chi connectivity index (χ3n) is 5.22. The maximum absolute atomic E-state index is 12.5. The molecule has 144 valence electrons. The van der Waals surface area contributed by atoms with Crippen molar-refractivity contribution >= 4 is 46.2 Å². The molecule has 1 amide bonds. The number of nitrogens with one attached hydrogen (secondary N) is 1. The van der Waals surface area contributed by atoms with Crippen molar-refractivity contribution in [3.05, 3.63) is 69.5 Å². The van der Waals surface area contributed by atoms with Crippen LogP contribution in [0, 0.1) is 6.92 Å². The highest BCUT2D eigenvalue weighted by atomic mass is 35.5. The maximum Gasteiger partial charge on any atom is 0.246 e. The van der Waals surface area contributed by atoms with Crippen LogP contribution in [0.4, 0.5) is 0 Å². The van der Waals surface area contributed by atoms with Crippen molar-refractivity contribution in [1.82, 2.24) is 14.9 Å². The van der Waals surface area contributed by atoms with Crippen molar-refractivity contribution in [2.45, 2.75) is 25.7 Å². The third kappa shape index (κ3) is 4.08. The lowest BCUT2D eigenvalue weighted by Gasteiger charge is -2.30. The number of halogens is 2. The summed E-state index contributed by atoms with van der Waals surface area (Å²) < 4.78 is 0. The molecule has 1 fully saturated rings. The van der Waals surface area contributed by atoms with E-state index in [2.05, 4.69) is 30.1 Å². The number of imidazole rings is 1. The minimum Gasteiger partial charge on any atom is -0.342 e. The van der Waals surface area contributed by atoms with Crippen LogP contribution in [0.3, 0.4) is 0 Å². The zero-order valence-corrected chi connectivity index (χ0v) is 17.1. The van der Waals surface area contributed by atoms with E-state index >= 15 is 0 Å². The fourth-order valence-electron chi connectivity index (χ4n) is 3.61. The van der Waals surface area contributed by atoms with Gasteiger partial charge in [0.05, 0.1) is 11.0 Å². The van der Waals surface area contributed by atoms with E-state index in [9.17, 15) is 4.79 Å². The first-order chi connectivity index (χ1) is 13.5. The van der Waals surface area contributed by atoms with Crippen LogP contribution in [-0.2, 0) is 4.79 Å². The Morgan fingerprint density at radius 1 is 1.18 bits per heavy atom. The number of hydrogen-bond acceptors (Lipinski definition) is 2. The first-order valence-corrected chi connectivity index (χ1v) is 10.1. The molecule has 3 aromatic rings. The Labute approximate surface area is 174 Å². The molecule has 28 heavy (non-hydrogen) atoms. The summed E-state index contributed by atoms with van der Waals surface area (Å²) >= 11 is 12.1. The number of benzene rings is 2. The van der Waals surface area contributed by atoms with Gasteiger partial charge in [-0.3, -0.25) is 4.79 Å². The highest BCUT2D eigenvalue weighted by molar-refractivity contribution is 6.35. The Balaban J connectivity index is 1.38. The molecule has 0 aliphatic carbocycles. The Bertz CT molecular complexity index is 1050. The number of piperidine rings is 1. The zero-order valence-electron chi connectivity index (χ0n) is 15.6. The van der Waals surface area contributed by atoms with Gasteiger partial charge < -0.3 is 9.88 Å². The Kier molecular flexibility index (Phi) is 5.42. The van der Waals surface area contributed by atoms with Gasteiger partial charge >= 0.3 is 0 Å². The summed E-state index contributed by atoms with van der Waals surface area (Å²) in [5.41, 5.74) is 4.08. The number of hydrogen-bond donors (Lipinski definition) is 1. The minimum atomic E-state index is 0.00435. The van der Waals surface area contributed by atoms with Gasteiger partial charge in [0, 0.05) is 35.1 Å². The molecular formula is C22H21Cl2N3O. The smallest absolute Gasteiger partial charge is 0.246 e. The summed E-state index contributed by atoms with van der Waals surface area (Å²) in [5, 5.41) is 1.12. The van der Waals surface area contributed by atoms with Crippen molar-refractivity contribution < 1.29 is 4.79 Å². The summed E-state index contributed by atoms with van der Waals surface area (Å²) in [5.74, 6) is 1.38. The second kappa shape index (κ2) is 7.98. The maximum atomic E-state index is 12.5. The lowest BCUT2D eigenvalue weighted by Crippen LogP contribution is -2.37. The highest BCUT2D eigenvalue weighted by Gasteiger charge is 2.24. The molecule has 0 saturated carbocycles. The SMILES string of the molecule is Cc1ccc2nc(C3CCN(C(=O)/C=C/c4ccc(Cl)cc4Cl)CC3)[nH]c2c1. The Morgan fingerprint density at radius 2 is 1.96 bits per heavy atom. The van der Waals surface area contributed by atoms with E-state index in [0.29, 0.717) is 16.0 Å². The largest absolute Gasteiger partial charge is 0.342 e. The molecule has 1 aliphatic heterocycles. The molecule has 2 heterocycles. The number of H-pyrrole nitrogens is 1. The predicted octanol–water partition coefficient (Wildman–Crippen LogP) is 5.60. The number of aryl methyl sites for hydroxylation is 1. The van der Waals surface area contributed by atoms with Crippen LogP contribution >= 0.6 is 23.2 Å². The summed E-state index contributed by atoms with van der Waals surface area (Å²) in [4.78, 5) is 22.6. The fourth-order valence-corrected chi connectivity index (χ4v) is 4.08. The van der Waals surface area contributed by atoms with Crippen molar-refractivity contribution in [2.24, 2.45) is 0 Å². The van der Waals surface area contributed by atoms with Gasteiger partial charge in [-0.05, 0) is 61.2 Å². The number of fused-ring (bicyclic) bond motifs is 1. The van der Waals surface area contributed by atoms with Crippen LogP contribution in [0.1, 0.15) is 35.7 Å². The van der Waals surface area contributed by atoms with E-state index in [4.69, 9.17) is 28.2 Å². The second-order valence-corrected chi connectivity index (χ2v) is 8.09. The normalized spacial score (nSPS) is 15.6. The van der Waals surface area contributed by atoms with Crippen molar-refractivity contribution in [2.75, 3.05) is 13.1 Å². The Morgan fingerprint density at radius 3 is 2.71 bits per heavy atom. The number of likely N-dealkylation sites (tertiary alicyclic amines) is 1. The van der Waals surface area contributed by atoms with Gasteiger partial charge in [0.1, 0.15) is 5.82 Å². The third-order valence-corrected chi connectivity index (χ3v) is 5.78. The second-order valence-electron chi connectivity index (χ2n) is 7.24. The van der Waals surface area contributed by atoms with Crippen LogP contribution in [0.5, 0.6) is 0 Å². The molecule has 0 radical (unpaired) electrons. The molecule has 6 heteroatoms. The Hall–Kier alpha value is -2.30. The highest BCUT2D eigenvalue weighted by Crippen LogP contribution is 2.28. The monoisotopic (exact) mass is 413 g/mol. The van der Waals surface area contributed by atoms with Gasteiger partial charge in [-0.15, -0.1) is 0 Å². The van der Waals surface area contributed by atoms with E-state index in [1.807, 2.05) is 11.0 Å². The molecule has 0 atom stereocenters. The first kappa shape index (κ1) is 19.0. The van der Waals surface area contributed by atoms with Gasteiger partial charge in [0.15, 0.2) is 0 Å². The van der Waals surface area contributed by atoms with E-state index in [0.717, 1.165) is 48.4 Å². The number of rotatable bonds is 3. The minimum absolute atomic E-state index is 0.00435. The van der Waals surface area contributed by atoms with Crippen molar-refractivity contribution in [3.8, 4) is 0 Å². The van der Waals surface area contributed by atoms with Crippen LogP contribution in [0.15, 0.2) is 42.5 Å². The van der Waals surface area contributed by atoms with Gasteiger partial charge in [-0.2, -0.15) is 0 Å². The summed E-state index contributed by atoms with van der Waals surface area (Å²) in [6.45, 7) is 3.52. The number of carbonyl (C=O) groups is 1. The average Bonchev–Trinajstić information content (AvgIpc) is 3.10. The fraction of sp³-hybridized carbons (Fsp3) is 0.273. The van der Waals surface area contributed by atoms with Crippen molar-refractivity contribution in [1.29, 1.82) is 0 Å². The van der Waals surface area contributed by atoms with Gasteiger partial charge in [-0.1, -0.05) is 35.3 Å². The number of aromatic nitrogens is 2. The van der Waals surface area contributed by atoms with Gasteiger partial charge in [-0.25, -0.2) is 4.98 Å². The van der Waals surface area contributed by atoms with Crippen LogP contribution in [0.25, 0.3) is 17.1 Å². The molecule has 1 aliphatic rings. The van der Waals surface area contributed by atoms with Gasteiger partial charge in [0.25, 0.3) is 0 Å². The van der Waals surface area contributed by atoms with Gasteiger partial charge in [0.2, 0.25) is 5.91 Å². The molecule has 0 unspecified atom stereocenters. The lowest BCUT2D eigenvalue weighted by atomic mass is 9.96. The zero-order chi connectivity index (χ0) is 19.7. The number of amides is 1. The predicted molar refractivity (Wildman–Crippen MR) is 115 cm³/mol. The van der Waals surface area contributed by atoms with Crippen molar-refractivity contribution in [3.63, 3.8) is 0 Å². The first-order valence-electron chi connectivity index (χ1n) is 9.38. The number of aromatic amines is 1. The number of nitrogens with zero attached hydrogens (tertiary/aromatic N) is 2. The standard InChI is InChI=1S/C22H21Cl2N3O/c1-14-2-6-19-20(12-14)26-22(25-19)16-8-10-27(11-9-16)21(28)7-4-15-3-5-17(23)13-18(15)24/h2-7,12-13,16H,8-11H2,1H3,(H,25,26)/b7-4+. The van der Waals surface area contributed by atoms with Crippen LogP contribution in [-0.4, -0.2) is 33.9 Å². The summed E-state index contributed by atoms with van der Waals surface area (Å²) in [6.07, 6.45) is 5.13. The molecule has 1 saturated heterocycles. The quantitative estimate of drug-likeness (QED) is 0.568. The van der Waals surface area contributed by atoms with Crippen LogP contribution < -0.4 is 0 Å². The lowest BCUT2D eigenvalue weighted by molar-refractivity contribution is -0.127. The van der Waals surface area contributed by atoms with E-state index in [1.54, 1.807) is 24.3 Å². The average molecular weight is 414 g/mol. The molecule has 1 N–H and O–H groups in total. The summed E-state index contributed by atoms with van der Waals surface area (Å²) in [7, 11) is 0. The summed E-state index contributed by atoms with van der Waals surface area (Å²) in [6, 6.07) is 11.5. The van der Waals surface area contributed by atoms with Crippen LogP contribution in [0.2, 0.25) is 10.0 Å². The molecule has 4 nitrogen and oxygen atoms in total. The number of carbonyl (C=O) groups excluding carboxylic acids is 1. The molecule has 1 aromatic heterocycles. The molecular weight excluding hydrogens is 393 g/mol. The molecule has 2 aromatic carbocycles. The van der Waals surface area contributed by atoms with E-state index in [-0.39, 0.29) is 5.91 Å². The topological polar surface area (TPSA) is 49.0 Å². The molecule has 0 spiro atoms. The molecule has 4 rings (SSSR count). The molecule has 0 bridgehead atoms.